The van der Waals surface area contributed by atoms with Crippen molar-refractivity contribution in [3.63, 3.8) is 0 Å². The Morgan fingerprint density at radius 1 is 1.31 bits per heavy atom. The summed E-state index contributed by atoms with van der Waals surface area (Å²) in [7, 11) is 0. The van der Waals surface area contributed by atoms with Crippen LogP contribution in [0.15, 0.2) is 18.2 Å². The van der Waals surface area contributed by atoms with Crippen LogP contribution in [0.25, 0.3) is 0 Å². The van der Waals surface area contributed by atoms with Crippen LogP contribution in [0.5, 0.6) is 0 Å². The van der Waals surface area contributed by atoms with Crippen LogP contribution in [-0.4, -0.2) is 6.54 Å². The van der Waals surface area contributed by atoms with E-state index in [-0.39, 0.29) is 12.1 Å². The van der Waals surface area contributed by atoms with Crippen LogP contribution < -0.4 is 5.73 Å². The highest BCUT2D eigenvalue weighted by Gasteiger charge is 2.34. The van der Waals surface area contributed by atoms with E-state index >= 15 is 0 Å². The fraction of sp³-hybridized carbons (Fsp3) is 0.455. The van der Waals surface area contributed by atoms with Crippen molar-refractivity contribution in [1.29, 1.82) is 0 Å². The summed E-state index contributed by atoms with van der Waals surface area (Å²) < 4.78 is 50.8. The molecule has 16 heavy (non-hydrogen) atoms. The molecule has 1 nitrogen and oxygen atoms in total. The largest absolute Gasteiger partial charge is 0.416 e. The van der Waals surface area contributed by atoms with E-state index in [0.717, 1.165) is 18.2 Å². The zero-order valence-corrected chi connectivity index (χ0v) is 8.81. The highest BCUT2D eigenvalue weighted by molar-refractivity contribution is 5.33. The standard InChI is InChI=1S/C11H13F4N/c1-7(4-5-16)9-6-8(12)2-3-10(9)11(13,14)15/h2-3,6-7H,4-5,16H2,1H3. The molecule has 90 valence electrons. The maximum atomic E-state index is 12.9. The minimum Gasteiger partial charge on any atom is -0.330 e. The molecule has 0 saturated carbocycles. The summed E-state index contributed by atoms with van der Waals surface area (Å²) in [6.45, 7) is 1.88. The molecular formula is C11H13F4N. The van der Waals surface area contributed by atoms with E-state index in [9.17, 15) is 17.6 Å². The van der Waals surface area contributed by atoms with E-state index in [2.05, 4.69) is 0 Å². The normalized spacial score (nSPS) is 13.9. The van der Waals surface area contributed by atoms with Crippen LogP contribution in [0.4, 0.5) is 17.6 Å². The molecule has 0 heterocycles. The molecule has 2 N–H and O–H groups in total. The molecule has 5 heteroatoms. The van der Waals surface area contributed by atoms with Gasteiger partial charge in [0.1, 0.15) is 5.82 Å². The van der Waals surface area contributed by atoms with E-state index in [4.69, 9.17) is 5.73 Å². The monoisotopic (exact) mass is 235 g/mol. The molecule has 1 rings (SSSR count). The number of benzene rings is 1. The van der Waals surface area contributed by atoms with Crippen molar-refractivity contribution in [2.45, 2.75) is 25.4 Å². The number of nitrogens with two attached hydrogens (primary N) is 1. The molecule has 0 fully saturated rings. The van der Waals surface area contributed by atoms with Crippen molar-refractivity contribution in [3.8, 4) is 0 Å². The molecule has 0 saturated heterocycles. The molecule has 0 aromatic heterocycles. The highest BCUT2D eigenvalue weighted by atomic mass is 19.4. The van der Waals surface area contributed by atoms with E-state index in [0.29, 0.717) is 6.42 Å². The first kappa shape index (κ1) is 13.0. The average Bonchev–Trinajstić information content (AvgIpc) is 2.16. The molecule has 0 spiro atoms. The van der Waals surface area contributed by atoms with Gasteiger partial charge in [0.15, 0.2) is 0 Å². The van der Waals surface area contributed by atoms with Gasteiger partial charge in [-0.15, -0.1) is 0 Å². The molecule has 0 bridgehead atoms. The van der Waals surface area contributed by atoms with Crippen molar-refractivity contribution in [3.05, 3.63) is 35.1 Å². The Bertz CT molecular complexity index is 359. The molecule has 1 unspecified atom stereocenters. The van der Waals surface area contributed by atoms with E-state index in [1.165, 1.54) is 0 Å². The lowest BCUT2D eigenvalue weighted by atomic mass is 9.92. The van der Waals surface area contributed by atoms with Crippen LogP contribution in [-0.2, 0) is 6.18 Å². The number of hydrogen-bond donors (Lipinski definition) is 1. The van der Waals surface area contributed by atoms with Gasteiger partial charge in [-0.1, -0.05) is 6.92 Å². The van der Waals surface area contributed by atoms with Gasteiger partial charge in [-0.2, -0.15) is 13.2 Å². The van der Waals surface area contributed by atoms with Crippen LogP contribution in [0, 0.1) is 5.82 Å². The zero-order valence-electron chi connectivity index (χ0n) is 8.81. The second kappa shape index (κ2) is 4.82. The number of rotatable bonds is 3. The number of halogens is 4. The van der Waals surface area contributed by atoms with Gasteiger partial charge in [-0.3, -0.25) is 0 Å². The van der Waals surface area contributed by atoms with Crippen LogP contribution >= 0.6 is 0 Å². The van der Waals surface area contributed by atoms with Gasteiger partial charge < -0.3 is 5.73 Å². The third kappa shape index (κ3) is 2.95. The highest BCUT2D eigenvalue weighted by Crippen LogP contribution is 2.36. The van der Waals surface area contributed by atoms with Crippen molar-refractivity contribution in [2.75, 3.05) is 6.54 Å². The van der Waals surface area contributed by atoms with Gasteiger partial charge in [0.05, 0.1) is 5.56 Å². The fourth-order valence-electron chi connectivity index (χ4n) is 1.60. The molecule has 0 aliphatic heterocycles. The minimum absolute atomic E-state index is 0.0297. The smallest absolute Gasteiger partial charge is 0.330 e. The zero-order chi connectivity index (χ0) is 12.3. The second-order valence-corrected chi connectivity index (χ2v) is 3.71. The summed E-state index contributed by atoms with van der Waals surface area (Å²) in [6, 6.07) is 2.53. The molecular weight excluding hydrogens is 222 g/mol. The van der Waals surface area contributed by atoms with Crippen molar-refractivity contribution < 1.29 is 17.6 Å². The van der Waals surface area contributed by atoms with Crippen molar-refractivity contribution >= 4 is 0 Å². The predicted molar refractivity (Wildman–Crippen MR) is 53.5 cm³/mol. The summed E-state index contributed by atoms with van der Waals surface area (Å²) in [5.74, 6) is -1.07. The Labute approximate surface area is 91.3 Å². The lowest BCUT2D eigenvalue weighted by Crippen LogP contribution is -2.13. The first-order valence-corrected chi connectivity index (χ1v) is 4.93. The first-order chi connectivity index (χ1) is 7.36. The Morgan fingerprint density at radius 3 is 2.44 bits per heavy atom. The molecule has 0 amide bonds. The molecule has 0 radical (unpaired) electrons. The number of hydrogen-bond acceptors (Lipinski definition) is 1. The summed E-state index contributed by atoms with van der Waals surface area (Å²) in [4.78, 5) is 0. The Hall–Kier alpha value is -1.10. The van der Waals surface area contributed by atoms with Crippen LogP contribution in [0.1, 0.15) is 30.4 Å². The SMILES string of the molecule is CC(CCN)c1cc(F)ccc1C(F)(F)F. The van der Waals surface area contributed by atoms with Crippen LogP contribution in [0.3, 0.4) is 0 Å². The molecule has 1 aromatic carbocycles. The summed E-state index contributed by atoms with van der Waals surface area (Å²) in [5, 5.41) is 0. The molecule has 1 atom stereocenters. The maximum Gasteiger partial charge on any atom is 0.416 e. The second-order valence-electron chi connectivity index (χ2n) is 3.71. The van der Waals surface area contributed by atoms with Crippen molar-refractivity contribution in [2.24, 2.45) is 5.73 Å². The van der Waals surface area contributed by atoms with E-state index in [1.807, 2.05) is 0 Å². The Morgan fingerprint density at radius 2 is 1.94 bits per heavy atom. The van der Waals surface area contributed by atoms with Gasteiger partial charge in [0, 0.05) is 0 Å². The van der Waals surface area contributed by atoms with Gasteiger partial charge in [0.25, 0.3) is 0 Å². The third-order valence-electron chi connectivity index (χ3n) is 2.45. The van der Waals surface area contributed by atoms with E-state index < -0.39 is 23.5 Å². The summed E-state index contributed by atoms with van der Waals surface area (Å²) >= 11 is 0. The average molecular weight is 235 g/mol. The predicted octanol–water partition coefficient (Wildman–Crippen LogP) is 3.30. The fourth-order valence-corrected chi connectivity index (χ4v) is 1.60. The van der Waals surface area contributed by atoms with Gasteiger partial charge in [0.2, 0.25) is 0 Å². The lowest BCUT2D eigenvalue weighted by molar-refractivity contribution is -0.138. The summed E-state index contributed by atoms with van der Waals surface area (Å²) in [5.41, 5.74) is 4.48. The molecule has 1 aromatic rings. The van der Waals surface area contributed by atoms with Gasteiger partial charge >= 0.3 is 6.18 Å². The maximum absolute atomic E-state index is 12.9. The minimum atomic E-state index is -4.45. The lowest BCUT2D eigenvalue weighted by Gasteiger charge is -2.17. The van der Waals surface area contributed by atoms with E-state index in [1.54, 1.807) is 6.92 Å². The molecule has 0 aliphatic rings. The van der Waals surface area contributed by atoms with Crippen molar-refractivity contribution in [1.82, 2.24) is 0 Å². The Kier molecular flexibility index (Phi) is 3.91. The molecule has 0 aliphatic carbocycles. The van der Waals surface area contributed by atoms with Gasteiger partial charge in [-0.25, -0.2) is 4.39 Å². The third-order valence-corrected chi connectivity index (χ3v) is 2.45. The quantitative estimate of drug-likeness (QED) is 0.799. The number of alkyl halides is 3. The van der Waals surface area contributed by atoms with Crippen LogP contribution in [0.2, 0.25) is 0 Å². The topological polar surface area (TPSA) is 26.0 Å². The Balaban J connectivity index is 3.18. The first-order valence-electron chi connectivity index (χ1n) is 4.93. The van der Waals surface area contributed by atoms with Gasteiger partial charge in [-0.05, 0) is 42.6 Å². The summed E-state index contributed by atoms with van der Waals surface area (Å²) in [6.07, 6.45) is -4.06.